The lowest BCUT2D eigenvalue weighted by molar-refractivity contribution is 0.412. The maximum Gasteiger partial charge on any atom is 0.261 e. The van der Waals surface area contributed by atoms with Crippen molar-refractivity contribution < 1.29 is 14.2 Å². The van der Waals surface area contributed by atoms with E-state index in [0.717, 1.165) is 11.1 Å². The minimum absolute atomic E-state index is 0.151. The van der Waals surface area contributed by atoms with Crippen molar-refractivity contribution in [3.63, 3.8) is 0 Å². The number of rotatable bonds is 6. The van der Waals surface area contributed by atoms with E-state index in [1.54, 1.807) is 43.7 Å². The zero-order valence-electron chi connectivity index (χ0n) is 17.0. The van der Waals surface area contributed by atoms with Crippen molar-refractivity contribution in [1.82, 2.24) is 4.57 Å². The van der Waals surface area contributed by atoms with Gasteiger partial charge in [-0.15, -0.1) is 0 Å². The molecule has 0 saturated carbocycles. The Bertz CT molecular complexity index is 1290. The van der Waals surface area contributed by atoms with E-state index in [-0.39, 0.29) is 23.8 Å². The van der Waals surface area contributed by atoms with Gasteiger partial charge >= 0.3 is 0 Å². The van der Waals surface area contributed by atoms with Crippen molar-refractivity contribution in [1.29, 1.82) is 0 Å². The maximum absolute atomic E-state index is 13.1. The minimum atomic E-state index is -0.304. The zero-order chi connectivity index (χ0) is 21.8. The fourth-order valence-corrected chi connectivity index (χ4v) is 3.43. The third-order valence-corrected chi connectivity index (χ3v) is 5.10. The van der Waals surface area contributed by atoms with Gasteiger partial charge in [-0.2, -0.15) is 0 Å². The molecule has 0 aliphatic rings. The first-order chi connectivity index (χ1) is 15.1. The molecule has 0 aliphatic carbocycles. The fourth-order valence-electron chi connectivity index (χ4n) is 3.43. The molecule has 31 heavy (non-hydrogen) atoms. The molecule has 0 aliphatic heterocycles. The van der Waals surface area contributed by atoms with Gasteiger partial charge in [-0.3, -0.25) is 14.4 Å². The number of pyridine rings is 1. The lowest BCUT2D eigenvalue weighted by Gasteiger charge is -2.14. The Morgan fingerprint density at radius 3 is 2.29 bits per heavy atom. The molecular formula is C25H21FN2O3. The van der Waals surface area contributed by atoms with Gasteiger partial charge in [-0.1, -0.05) is 42.5 Å². The van der Waals surface area contributed by atoms with E-state index in [2.05, 4.69) is 4.99 Å². The van der Waals surface area contributed by atoms with Crippen LogP contribution in [0.4, 0.5) is 4.39 Å². The van der Waals surface area contributed by atoms with Crippen LogP contribution in [-0.4, -0.2) is 23.0 Å². The number of nitrogens with zero attached hydrogens (tertiary/aromatic N) is 2. The number of aromatic hydroxyl groups is 1. The number of aliphatic imine (C=N–C) groups is 1. The molecule has 0 fully saturated rings. The van der Waals surface area contributed by atoms with Crippen LogP contribution in [0.3, 0.4) is 0 Å². The van der Waals surface area contributed by atoms with Crippen molar-refractivity contribution in [3.05, 3.63) is 106 Å². The average molecular weight is 416 g/mol. The highest BCUT2D eigenvalue weighted by molar-refractivity contribution is 6.01. The van der Waals surface area contributed by atoms with E-state index in [0.29, 0.717) is 28.6 Å². The molecule has 0 atom stereocenters. The number of hydrogen-bond donors (Lipinski definition) is 1. The second kappa shape index (κ2) is 8.83. The first-order valence-corrected chi connectivity index (χ1v) is 9.78. The normalized spacial score (nSPS) is 11.3. The summed E-state index contributed by atoms with van der Waals surface area (Å²) in [6.45, 7) is 0.532. The summed E-state index contributed by atoms with van der Waals surface area (Å²) in [6.07, 6.45) is 1.56. The van der Waals surface area contributed by atoms with Crippen molar-refractivity contribution in [3.8, 4) is 11.6 Å². The molecule has 1 heterocycles. The average Bonchev–Trinajstić information content (AvgIpc) is 2.80. The topological polar surface area (TPSA) is 63.8 Å². The van der Waals surface area contributed by atoms with E-state index < -0.39 is 0 Å². The molecule has 3 aromatic carbocycles. The SMILES string of the molecule is COc1ccc(Cn2c(O)c(C=NCc3ccc(F)cc3)c3ccccc3c2=O)cc1. The standard InChI is InChI=1S/C25H21FN2O3/c1-31-20-12-8-18(9-13-20)16-28-24(29)22-5-3-2-4-21(22)23(25(28)30)15-27-14-17-6-10-19(26)11-7-17/h2-13,15,30H,14,16H2,1H3. The smallest absolute Gasteiger partial charge is 0.261 e. The molecule has 1 N–H and O–H groups in total. The van der Waals surface area contributed by atoms with Crippen LogP contribution >= 0.6 is 0 Å². The van der Waals surface area contributed by atoms with Gasteiger partial charge in [0.25, 0.3) is 5.56 Å². The largest absolute Gasteiger partial charge is 0.497 e. The summed E-state index contributed by atoms with van der Waals surface area (Å²) < 4.78 is 19.6. The first kappa shape index (κ1) is 20.3. The summed E-state index contributed by atoms with van der Waals surface area (Å²) >= 11 is 0. The van der Waals surface area contributed by atoms with Crippen LogP contribution in [0.25, 0.3) is 10.8 Å². The van der Waals surface area contributed by atoms with E-state index in [4.69, 9.17) is 4.74 Å². The van der Waals surface area contributed by atoms with Gasteiger partial charge in [0.2, 0.25) is 5.88 Å². The van der Waals surface area contributed by atoms with Crippen molar-refractivity contribution in [2.45, 2.75) is 13.1 Å². The molecule has 0 amide bonds. The van der Waals surface area contributed by atoms with Crippen molar-refractivity contribution in [2.75, 3.05) is 7.11 Å². The van der Waals surface area contributed by atoms with Crippen LogP contribution < -0.4 is 10.3 Å². The van der Waals surface area contributed by atoms with Gasteiger partial charge in [-0.25, -0.2) is 4.39 Å². The Hall–Kier alpha value is -3.93. The minimum Gasteiger partial charge on any atom is -0.497 e. The molecule has 4 rings (SSSR count). The Kier molecular flexibility index (Phi) is 5.80. The lowest BCUT2D eigenvalue weighted by Crippen LogP contribution is -2.22. The zero-order valence-corrected chi connectivity index (χ0v) is 17.0. The monoisotopic (exact) mass is 416 g/mol. The molecule has 0 radical (unpaired) electrons. The predicted molar refractivity (Wildman–Crippen MR) is 120 cm³/mol. The number of ether oxygens (including phenoxy) is 1. The highest BCUT2D eigenvalue weighted by atomic mass is 19.1. The Morgan fingerprint density at radius 1 is 0.968 bits per heavy atom. The molecule has 1 aromatic heterocycles. The highest BCUT2D eigenvalue weighted by Crippen LogP contribution is 2.24. The van der Waals surface area contributed by atoms with Crippen molar-refractivity contribution >= 4 is 17.0 Å². The van der Waals surface area contributed by atoms with Crippen LogP contribution in [0.1, 0.15) is 16.7 Å². The number of hydrogen-bond acceptors (Lipinski definition) is 4. The van der Waals surface area contributed by atoms with E-state index >= 15 is 0 Å². The van der Waals surface area contributed by atoms with Crippen LogP contribution in [0, 0.1) is 5.82 Å². The van der Waals surface area contributed by atoms with E-state index in [9.17, 15) is 14.3 Å². The molecule has 0 saturated heterocycles. The van der Waals surface area contributed by atoms with Gasteiger partial charge < -0.3 is 9.84 Å². The summed E-state index contributed by atoms with van der Waals surface area (Å²) in [4.78, 5) is 17.5. The Morgan fingerprint density at radius 2 is 1.61 bits per heavy atom. The molecular weight excluding hydrogens is 395 g/mol. The quantitative estimate of drug-likeness (QED) is 0.470. The van der Waals surface area contributed by atoms with Crippen LogP contribution in [0.5, 0.6) is 11.6 Å². The summed E-state index contributed by atoms with van der Waals surface area (Å²) in [7, 11) is 1.59. The number of halogens is 1. The van der Waals surface area contributed by atoms with Crippen LogP contribution in [-0.2, 0) is 13.1 Å². The second-order valence-corrected chi connectivity index (χ2v) is 7.12. The molecule has 6 heteroatoms. The number of aromatic nitrogens is 1. The predicted octanol–water partition coefficient (Wildman–Crippen LogP) is 4.52. The van der Waals surface area contributed by atoms with E-state index in [1.807, 2.05) is 30.3 Å². The third-order valence-electron chi connectivity index (χ3n) is 5.10. The van der Waals surface area contributed by atoms with Gasteiger partial charge in [0, 0.05) is 17.0 Å². The lowest BCUT2D eigenvalue weighted by atomic mass is 10.1. The molecule has 5 nitrogen and oxygen atoms in total. The van der Waals surface area contributed by atoms with Crippen LogP contribution in [0.2, 0.25) is 0 Å². The highest BCUT2D eigenvalue weighted by Gasteiger charge is 2.15. The first-order valence-electron chi connectivity index (χ1n) is 9.78. The fraction of sp³-hybridized carbons (Fsp3) is 0.120. The summed E-state index contributed by atoms with van der Waals surface area (Å²) in [5.41, 5.74) is 1.88. The summed E-state index contributed by atoms with van der Waals surface area (Å²) in [5.74, 6) is 0.261. The van der Waals surface area contributed by atoms with Gasteiger partial charge in [-0.05, 0) is 41.5 Å². The number of fused-ring (bicyclic) bond motifs is 1. The van der Waals surface area contributed by atoms with Gasteiger partial charge in [0.1, 0.15) is 11.6 Å². The molecule has 156 valence electrons. The summed E-state index contributed by atoms with van der Waals surface area (Å²) in [6, 6.07) is 20.5. The van der Waals surface area contributed by atoms with Gasteiger partial charge in [0.05, 0.1) is 25.8 Å². The second-order valence-electron chi connectivity index (χ2n) is 7.12. The maximum atomic E-state index is 13.1. The number of benzene rings is 3. The molecule has 0 bridgehead atoms. The Labute approximate surface area is 178 Å². The molecule has 0 spiro atoms. The van der Waals surface area contributed by atoms with Crippen molar-refractivity contribution in [2.24, 2.45) is 4.99 Å². The van der Waals surface area contributed by atoms with Crippen LogP contribution in [0.15, 0.2) is 82.6 Å². The Balaban J connectivity index is 1.74. The molecule has 4 aromatic rings. The number of methoxy groups -OCH3 is 1. The summed E-state index contributed by atoms with van der Waals surface area (Å²) in [5, 5.41) is 12.1. The third kappa shape index (κ3) is 4.33. The molecule has 0 unspecified atom stereocenters. The van der Waals surface area contributed by atoms with Gasteiger partial charge in [0.15, 0.2) is 0 Å². The van der Waals surface area contributed by atoms with E-state index in [1.165, 1.54) is 16.7 Å².